The average Bonchev–Trinajstić information content (AvgIpc) is 2.82. The summed E-state index contributed by atoms with van der Waals surface area (Å²) in [6, 6.07) is 18.3. The minimum atomic E-state index is -0.234. The van der Waals surface area contributed by atoms with Crippen LogP contribution in [0.3, 0.4) is 0 Å². The van der Waals surface area contributed by atoms with Gasteiger partial charge in [-0.25, -0.2) is 0 Å². The molecule has 4 rings (SSSR count). The molecule has 0 spiro atoms. The van der Waals surface area contributed by atoms with E-state index in [0.717, 1.165) is 5.56 Å². The first-order valence-electron chi connectivity index (χ1n) is 9.73. The van der Waals surface area contributed by atoms with Crippen LogP contribution in [-0.4, -0.2) is 19.3 Å². The largest absolute Gasteiger partial charge is 0.496 e. The second-order valence-electron chi connectivity index (χ2n) is 6.95. The van der Waals surface area contributed by atoms with Gasteiger partial charge in [-0.05, 0) is 41.0 Å². The number of hydrogen-bond acceptors (Lipinski definition) is 6. The van der Waals surface area contributed by atoms with Gasteiger partial charge in [0.15, 0.2) is 11.5 Å². The molecule has 3 aromatic carbocycles. The molecule has 0 aliphatic carbocycles. The lowest BCUT2D eigenvalue weighted by Gasteiger charge is -2.13. The van der Waals surface area contributed by atoms with Gasteiger partial charge in [0.2, 0.25) is 5.43 Å². The van der Waals surface area contributed by atoms with E-state index in [9.17, 15) is 9.90 Å². The normalized spacial score (nSPS) is 10.8. The van der Waals surface area contributed by atoms with Crippen molar-refractivity contribution < 1.29 is 23.7 Å². The van der Waals surface area contributed by atoms with E-state index in [2.05, 4.69) is 0 Å². The quantitative estimate of drug-likeness (QED) is 0.474. The Balaban J connectivity index is 1.77. The van der Waals surface area contributed by atoms with Gasteiger partial charge in [-0.15, -0.1) is 0 Å². The van der Waals surface area contributed by atoms with Gasteiger partial charge in [0, 0.05) is 0 Å². The van der Waals surface area contributed by atoms with E-state index in [0.29, 0.717) is 51.5 Å². The van der Waals surface area contributed by atoms with Crippen LogP contribution >= 0.6 is 0 Å². The van der Waals surface area contributed by atoms with Gasteiger partial charge in [-0.2, -0.15) is 0 Å². The van der Waals surface area contributed by atoms with Crippen molar-refractivity contribution in [1.82, 2.24) is 0 Å². The summed E-state index contributed by atoms with van der Waals surface area (Å²) in [5.74, 6) is 1.44. The van der Waals surface area contributed by atoms with E-state index in [-0.39, 0.29) is 12.0 Å². The molecule has 0 fully saturated rings. The average molecular weight is 418 g/mol. The Morgan fingerprint density at radius 1 is 0.871 bits per heavy atom. The molecule has 0 saturated heterocycles. The molecule has 4 aromatic rings. The molecule has 158 valence electrons. The third kappa shape index (κ3) is 4.11. The zero-order valence-electron chi connectivity index (χ0n) is 17.3. The molecule has 0 atom stereocenters. The lowest BCUT2D eigenvalue weighted by molar-refractivity contribution is 0.281. The van der Waals surface area contributed by atoms with E-state index < -0.39 is 0 Å². The highest BCUT2D eigenvalue weighted by atomic mass is 16.5. The molecule has 0 saturated carbocycles. The Labute approximate surface area is 179 Å². The third-order valence-corrected chi connectivity index (χ3v) is 5.02. The first kappa shape index (κ1) is 20.5. The molecule has 0 unspecified atom stereocenters. The Kier molecular flexibility index (Phi) is 5.91. The standard InChI is InChI=1S/C25H22O6/c1-28-20-9-8-18(12-21(20)30-14-16-6-4-3-5-7-16)19-15-31-23-11-17(13-26)10-22(29-2)24(23)25(19)27/h3-12,15,26H,13-14H2,1-2H3. The molecule has 0 aliphatic rings. The first-order chi connectivity index (χ1) is 15.1. The van der Waals surface area contributed by atoms with Crippen molar-refractivity contribution >= 4 is 11.0 Å². The van der Waals surface area contributed by atoms with Crippen LogP contribution in [0.4, 0.5) is 0 Å². The maximum atomic E-state index is 13.3. The van der Waals surface area contributed by atoms with Crippen molar-refractivity contribution in [1.29, 1.82) is 0 Å². The molecule has 0 bridgehead atoms. The first-order valence-corrected chi connectivity index (χ1v) is 9.73. The lowest BCUT2D eigenvalue weighted by Crippen LogP contribution is -2.07. The number of hydrogen-bond donors (Lipinski definition) is 1. The Morgan fingerprint density at radius 3 is 2.35 bits per heavy atom. The predicted molar refractivity (Wildman–Crippen MR) is 118 cm³/mol. The van der Waals surface area contributed by atoms with Crippen molar-refractivity contribution in [3.63, 3.8) is 0 Å². The topological polar surface area (TPSA) is 78.1 Å². The molecule has 1 heterocycles. The predicted octanol–water partition coefficient (Wildman–Crippen LogP) is 4.55. The van der Waals surface area contributed by atoms with E-state index in [1.807, 2.05) is 30.3 Å². The fraction of sp³-hybridized carbons (Fsp3) is 0.160. The van der Waals surface area contributed by atoms with Gasteiger partial charge >= 0.3 is 0 Å². The van der Waals surface area contributed by atoms with Gasteiger partial charge in [-0.3, -0.25) is 4.79 Å². The van der Waals surface area contributed by atoms with Gasteiger partial charge in [0.1, 0.15) is 29.6 Å². The van der Waals surface area contributed by atoms with Crippen LogP contribution in [0.15, 0.2) is 76.1 Å². The van der Waals surface area contributed by atoms with Gasteiger partial charge in [0.25, 0.3) is 0 Å². The van der Waals surface area contributed by atoms with Gasteiger partial charge in [0.05, 0.1) is 26.4 Å². The number of rotatable bonds is 7. The maximum Gasteiger partial charge on any atom is 0.204 e. The van der Waals surface area contributed by atoms with Crippen LogP contribution in [-0.2, 0) is 13.2 Å². The number of aliphatic hydroxyl groups is 1. The summed E-state index contributed by atoms with van der Waals surface area (Å²) in [4.78, 5) is 13.3. The van der Waals surface area contributed by atoms with Crippen LogP contribution < -0.4 is 19.6 Å². The minimum absolute atomic E-state index is 0.182. The van der Waals surface area contributed by atoms with Crippen LogP contribution in [0, 0.1) is 0 Å². The Morgan fingerprint density at radius 2 is 1.65 bits per heavy atom. The van der Waals surface area contributed by atoms with Crippen LogP contribution in [0.1, 0.15) is 11.1 Å². The van der Waals surface area contributed by atoms with Crippen molar-refractivity contribution in [3.05, 3.63) is 88.3 Å². The van der Waals surface area contributed by atoms with E-state index in [1.54, 1.807) is 37.4 Å². The molecule has 1 aromatic heterocycles. The van der Waals surface area contributed by atoms with Crippen molar-refractivity contribution in [2.75, 3.05) is 14.2 Å². The molecule has 0 aliphatic heterocycles. The Hall–Kier alpha value is -3.77. The van der Waals surface area contributed by atoms with Gasteiger partial charge in [-0.1, -0.05) is 36.4 Å². The van der Waals surface area contributed by atoms with Crippen LogP contribution in [0.5, 0.6) is 17.2 Å². The summed E-state index contributed by atoms with van der Waals surface area (Å²) < 4.78 is 22.5. The van der Waals surface area contributed by atoms with Crippen molar-refractivity contribution in [2.24, 2.45) is 0 Å². The smallest absolute Gasteiger partial charge is 0.204 e. The van der Waals surface area contributed by atoms with Crippen LogP contribution in [0.2, 0.25) is 0 Å². The molecular formula is C25H22O6. The number of methoxy groups -OCH3 is 2. The molecule has 0 amide bonds. The van der Waals surface area contributed by atoms with E-state index in [4.69, 9.17) is 18.6 Å². The van der Waals surface area contributed by atoms with E-state index in [1.165, 1.54) is 13.4 Å². The maximum absolute atomic E-state index is 13.3. The summed E-state index contributed by atoms with van der Waals surface area (Å²) >= 11 is 0. The number of benzene rings is 3. The fourth-order valence-corrected chi connectivity index (χ4v) is 3.42. The summed E-state index contributed by atoms with van der Waals surface area (Å²) in [5, 5.41) is 9.75. The molecule has 0 radical (unpaired) electrons. The third-order valence-electron chi connectivity index (χ3n) is 5.02. The number of fused-ring (bicyclic) bond motifs is 1. The second-order valence-corrected chi connectivity index (χ2v) is 6.95. The van der Waals surface area contributed by atoms with Gasteiger partial charge < -0.3 is 23.7 Å². The zero-order valence-corrected chi connectivity index (χ0v) is 17.3. The minimum Gasteiger partial charge on any atom is -0.496 e. The van der Waals surface area contributed by atoms with E-state index >= 15 is 0 Å². The highest BCUT2D eigenvalue weighted by Gasteiger charge is 2.16. The highest BCUT2D eigenvalue weighted by molar-refractivity contribution is 5.88. The molecule has 6 heteroatoms. The molecular weight excluding hydrogens is 396 g/mol. The zero-order chi connectivity index (χ0) is 21.8. The molecule has 1 N–H and O–H groups in total. The second kappa shape index (κ2) is 8.93. The summed E-state index contributed by atoms with van der Waals surface area (Å²) in [6.45, 7) is 0.184. The summed E-state index contributed by atoms with van der Waals surface area (Å²) in [5.41, 5.74) is 2.74. The van der Waals surface area contributed by atoms with Crippen molar-refractivity contribution in [2.45, 2.75) is 13.2 Å². The summed E-state index contributed by atoms with van der Waals surface area (Å²) in [6.07, 6.45) is 1.41. The molecule has 31 heavy (non-hydrogen) atoms. The summed E-state index contributed by atoms with van der Waals surface area (Å²) in [7, 11) is 3.04. The SMILES string of the molecule is COc1ccc(-c2coc3cc(CO)cc(OC)c3c2=O)cc1OCc1ccccc1. The fourth-order valence-electron chi connectivity index (χ4n) is 3.42. The highest BCUT2D eigenvalue weighted by Crippen LogP contribution is 2.34. The monoisotopic (exact) mass is 418 g/mol. The van der Waals surface area contributed by atoms with Crippen molar-refractivity contribution in [3.8, 4) is 28.4 Å². The van der Waals surface area contributed by atoms with Crippen LogP contribution in [0.25, 0.3) is 22.1 Å². The number of aliphatic hydroxyl groups excluding tert-OH is 1. The molecule has 6 nitrogen and oxygen atoms in total. The number of ether oxygens (including phenoxy) is 3. The Bertz CT molecular complexity index is 1260. The lowest BCUT2D eigenvalue weighted by atomic mass is 10.0.